The Labute approximate surface area is 241 Å². The minimum atomic E-state index is -3.27. The van der Waals surface area contributed by atoms with Crippen LogP contribution in [0, 0.1) is 5.82 Å². The number of allylic oxidation sites excluding steroid dienone is 3. The molecular formula is C31H38FN5O3S. The van der Waals surface area contributed by atoms with Crippen LogP contribution in [-0.4, -0.2) is 43.1 Å². The molecule has 1 fully saturated rings. The molecule has 1 atom stereocenters. The molecule has 4 rings (SSSR count). The number of pyridine rings is 1. The number of anilines is 3. The molecule has 8 nitrogen and oxygen atoms in total. The molecule has 218 valence electrons. The maximum absolute atomic E-state index is 14.3. The summed E-state index contributed by atoms with van der Waals surface area (Å²) in [7, 11) is -1.66. The minimum Gasteiger partial charge on any atom is -0.399 e. The summed E-state index contributed by atoms with van der Waals surface area (Å²) in [4.78, 5) is 16.3. The van der Waals surface area contributed by atoms with E-state index >= 15 is 0 Å². The van der Waals surface area contributed by atoms with Gasteiger partial charge in [0.05, 0.1) is 15.5 Å². The molecule has 1 amide bonds. The number of fused-ring (bicyclic) bond motifs is 1. The largest absolute Gasteiger partial charge is 0.399 e. The van der Waals surface area contributed by atoms with Crippen molar-refractivity contribution in [2.45, 2.75) is 56.3 Å². The molecule has 1 aliphatic rings. The molecule has 1 aromatic heterocycles. The van der Waals surface area contributed by atoms with Gasteiger partial charge in [0.2, 0.25) is 6.41 Å². The van der Waals surface area contributed by atoms with Crippen LogP contribution in [0.2, 0.25) is 0 Å². The monoisotopic (exact) mass is 579 g/mol. The number of amides is 1. The van der Waals surface area contributed by atoms with Crippen LogP contribution in [0.25, 0.3) is 10.8 Å². The number of hydrogen-bond donors (Lipinski definition) is 3. The van der Waals surface area contributed by atoms with Gasteiger partial charge in [-0.25, -0.2) is 17.8 Å². The van der Waals surface area contributed by atoms with Gasteiger partial charge in [-0.2, -0.15) is 0 Å². The molecule has 3 aromatic rings. The first-order chi connectivity index (χ1) is 19.4. The Hall–Kier alpha value is -4.18. The quantitative estimate of drug-likeness (QED) is 0.161. The Bertz CT molecular complexity index is 1600. The van der Waals surface area contributed by atoms with Crippen LogP contribution in [0.1, 0.15) is 39.2 Å². The summed E-state index contributed by atoms with van der Waals surface area (Å²) in [6.07, 6.45) is 9.68. The highest BCUT2D eigenvalue weighted by molar-refractivity contribution is 7.92. The van der Waals surface area contributed by atoms with E-state index in [0.29, 0.717) is 33.6 Å². The van der Waals surface area contributed by atoms with Crippen molar-refractivity contribution < 1.29 is 17.6 Å². The lowest BCUT2D eigenvalue weighted by Crippen LogP contribution is -2.18. The second kappa shape index (κ2) is 13.5. The van der Waals surface area contributed by atoms with Crippen molar-refractivity contribution in [1.82, 2.24) is 9.88 Å². The van der Waals surface area contributed by atoms with Gasteiger partial charge < -0.3 is 21.7 Å². The predicted molar refractivity (Wildman–Crippen MR) is 166 cm³/mol. The summed E-state index contributed by atoms with van der Waals surface area (Å²) < 4.78 is 38.8. The second-order valence-corrected chi connectivity index (χ2v) is 12.4. The lowest BCUT2D eigenvalue weighted by Gasteiger charge is -2.18. The fraction of sp³-hybridized carbons (Fsp3) is 0.290. The Balaban J connectivity index is 0.000000232. The molecule has 0 spiro atoms. The molecule has 10 heteroatoms. The van der Waals surface area contributed by atoms with E-state index in [4.69, 9.17) is 11.5 Å². The summed E-state index contributed by atoms with van der Waals surface area (Å²) in [6, 6.07) is 9.83. The Morgan fingerprint density at radius 3 is 2.56 bits per heavy atom. The normalized spacial score (nSPS) is 14.3. The number of hydrogen-bond acceptors (Lipinski definition) is 7. The Morgan fingerprint density at radius 2 is 1.95 bits per heavy atom. The van der Waals surface area contributed by atoms with Crippen molar-refractivity contribution in [2.75, 3.05) is 23.8 Å². The first-order valence-electron chi connectivity index (χ1n) is 13.2. The third-order valence-electron chi connectivity index (χ3n) is 6.45. The number of nitrogens with zero attached hydrogens (tertiary/aromatic N) is 2. The molecule has 0 unspecified atom stereocenters. The molecule has 1 saturated carbocycles. The standard InChI is InChI=1S/C19H22FN3.C12H16N2O3S/c1-5-6-14(9-12(2)3)13(4)23-16-10-15-7-8-22-19(21)18(15)17(20)11-16;1-14(8-15)7-9-6-10(13)2-5-12(9)18(16,17)11-3-4-11/h5-11,13,23H,2H2,1,3-4H3,(H2,21,22);2,5-6,8,11H,3-4,7,13H2,1H3/b6-5-,14-9+;/t13-;/m0./s1. The molecule has 41 heavy (non-hydrogen) atoms. The Morgan fingerprint density at radius 1 is 1.24 bits per heavy atom. The van der Waals surface area contributed by atoms with Gasteiger partial charge in [-0.15, -0.1) is 0 Å². The number of carbonyl (C=O) groups excluding carboxylic acids is 1. The summed E-state index contributed by atoms with van der Waals surface area (Å²) >= 11 is 0. The molecule has 0 radical (unpaired) electrons. The average molecular weight is 580 g/mol. The van der Waals surface area contributed by atoms with Crippen molar-refractivity contribution in [2.24, 2.45) is 0 Å². The highest BCUT2D eigenvalue weighted by Gasteiger charge is 2.38. The molecule has 0 saturated heterocycles. The molecule has 0 aliphatic heterocycles. The zero-order chi connectivity index (χ0) is 30.3. The Kier molecular flexibility index (Phi) is 10.3. The SMILES string of the molecule is C=C(C)/C=C(\C=C/C)[C@H](C)Nc1cc(F)c2c(N)nccc2c1.CN(C=O)Cc1cc(N)ccc1S(=O)(=O)C1CC1. The van der Waals surface area contributed by atoms with Gasteiger partial charge in [-0.3, -0.25) is 4.79 Å². The number of carbonyl (C=O) groups is 1. The molecular weight excluding hydrogens is 541 g/mol. The second-order valence-electron chi connectivity index (χ2n) is 10.2. The van der Waals surface area contributed by atoms with Crippen molar-refractivity contribution in [1.29, 1.82) is 0 Å². The van der Waals surface area contributed by atoms with Crippen LogP contribution in [0.15, 0.2) is 83.4 Å². The van der Waals surface area contributed by atoms with Gasteiger partial charge >= 0.3 is 0 Å². The van der Waals surface area contributed by atoms with E-state index in [1.54, 1.807) is 31.4 Å². The smallest absolute Gasteiger partial charge is 0.209 e. The number of aromatic nitrogens is 1. The number of benzene rings is 2. The van der Waals surface area contributed by atoms with E-state index in [-0.39, 0.29) is 29.5 Å². The minimum absolute atomic E-state index is 0.0129. The van der Waals surface area contributed by atoms with Crippen LogP contribution in [0.4, 0.5) is 21.6 Å². The van der Waals surface area contributed by atoms with Crippen LogP contribution in [-0.2, 0) is 21.2 Å². The zero-order valence-electron chi connectivity index (χ0n) is 23.9. The maximum atomic E-state index is 14.3. The fourth-order valence-corrected chi connectivity index (χ4v) is 6.23. The highest BCUT2D eigenvalue weighted by Crippen LogP contribution is 2.35. The van der Waals surface area contributed by atoms with E-state index < -0.39 is 9.84 Å². The van der Waals surface area contributed by atoms with Crippen LogP contribution in [0.5, 0.6) is 0 Å². The van der Waals surface area contributed by atoms with Crippen LogP contribution >= 0.6 is 0 Å². The number of nitrogens with one attached hydrogen (secondary N) is 1. The van der Waals surface area contributed by atoms with Gasteiger partial charge in [0.1, 0.15) is 11.6 Å². The average Bonchev–Trinajstić information content (AvgIpc) is 3.75. The third kappa shape index (κ3) is 8.17. The van der Waals surface area contributed by atoms with Gasteiger partial charge in [0.25, 0.3) is 0 Å². The first kappa shape index (κ1) is 31.3. The van der Waals surface area contributed by atoms with Crippen molar-refractivity contribution >= 4 is 44.2 Å². The fourth-order valence-electron chi connectivity index (χ4n) is 4.37. The summed E-state index contributed by atoms with van der Waals surface area (Å²) in [5, 5.41) is 4.14. The van der Waals surface area contributed by atoms with E-state index in [1.807, 2.05) is 45.1 Å². The number of nitrogens with two attached hydrogens (primary N) is 2. The van der Waals surface area contributed by atoms with E-state index in [1.165, 1.54) is 17.0 Å². The van der Waals surface area contributed by atoms with Crippen LogP contribution < -0.4 is 16.8 Å². The number of rotatable bonds is 10. The lowest BCUT2D eigenvalue weighted by atomic mass is 10.0. The van der Waals surface area contributed by atoms with E-state index in [0.717, 1.165) is 29.4 Å². The summed E-state index contributed by atoms with van der Waals surface area (Å²) in [6.45, 7) is 10.1. The molecule has 5 N–H and O–H groups in total. The van der Waals surface area contributed by atoms with Gasteiger partial charge in [-0.05, 0) is 86.5 Å². The maximum Gasteiger partial charge on any atom is 0.209 e. The van der Waals surface area contributed by atoms with Gasteiger partial charge in [-0.1, -0.05) is 30.4 Å². The third-order valence-corrected chi connectivity index (χ3v) is 8.81. The topological polar surface area (TPSA) is 131 Å². The first-order valence-corrected chi connectivity index (χ1v) is 14.8. The number of sulfone groups is 1. The molecule has 2 aromatic carbocycles. The lowest BCUT2D eigenvalue weighted by molar-refractivity contribution is -0.117. The predicted octanol–water partition coefficient (Wildman–Crippen LogP) is 5.63. The van der Waals surface area contributed by atoms with Crippen molar-refractivity contribution in [3.05, 3.63) is 89.9 Å². The molecule has 0 bridgehead atoms. The van der Waals surface area contributed by atoms with Crippen LogP contribution in [0.3, 0.4) is 0 Å². The van der Waals surface area contributed by atoms with Crippen molar-refractivity contribution in [3.63, 3.8) is 0 Å². The van der Waals surface area contributed by atoms with E-state index in [2.05, 4.69) is 16.9 Å². The summed E-state index contributed by atoms with van der Waals surface area (Å²) in [5.74, 6) is -0.171. The van der Waals surface area contributed by atoms with E-state index in [9.17, 15) is 17.6 Å². The molecule has 1 heterocycles. The highest BCUT2D eigenvalue weighted by atomic mass is 32.2. The molecule has 1 aliphatic carbocycles. The number of halogens is 1. The zero-order valence-corrected chi connectivity index (χ0v) is 24.7. The van der Waals surface area contributed by atoms with Gasteiger partial charge in [0.15, 0.2) is 9.84 Å². The number of nitrogen functional groups attached to an aromatic ring is 2. The van der Waals surface area contributed by atoms with Crippen molar-refractivity contribution in [3.8, 4) is 0 Å². The van der Waals surface area contributed by atoms with Gasteiger partial charge in [0, 0.05) is 37.2 Å². The summed E-state index contributed by atoms with van der Waals surface area (Å²) in [5.41, 5.74) is 15.3.